The van der Waals surface area contributed by atoms with Gasteiger partial charge in [-0.05, 0) is 35.1 Å². The van der Waals surface area contributed by atoms with Gasteiger partial charge in [-0.3, -0.25) is 0 Å². The van der Waals surface area contributed by atoms with Gasteiger partial charge in [0.05, 0.1) is 0 Å². The van der Waals surface area contributed by atoms with Crippen LogP contribution in [0.2, 0.25) is 0 Å². The molecular weight excluding hydrogens is 404 g/mol. The monoisotopic (exact) mass is 450 g/mol. The van der Waals surface area contributed by atoms with Crippen molar-refractivity contribution < 1.29 is 0 Å². The molecule has 2 aromatic rings. The lowest BCUT2D eigenvalue weighted by atomic mass is 9.70. The lowest BCUT2D eigenvalue weighted by Gasteiger charge is -2.33. The molecule has 0 amide bonds. The third kappa shape index (κ3) is 6.02. The van der Waals surface area contributed by atoms with E-state index < -0.39 is 0 Å². The molecule has 3 rings (SSSR count). The zero-order chi connectivity index (χ0) is 22.1. The lowest BCUT2D eigenvalue weighted by molar-refractivity contribution is 0.398. The fourth-order valence-corrected chi connectivity index (χ4v) is 6.71. The van der Waals surface area contributed by atoms with Crippen molar-refractivity contribution in [2.45, 2.75) is 109 Å². The van der Waals surface area contributed by atoms with Gasteiger partial charge in [0.1, 0.15) is 0 Å². The molecule has 1 aliphatic carbocycles. The predicted octanol–water partition coefficient (Wildman–Crippen LogP) is 5.44. The highest BCUT2D eigenvalue weighted by molar-refractivity contribution is 6.33. The summed E-state index contributed by atoms with van der Waals surface area (Å²) in [5, 5.41) is 3.13. The van der Waals surface area contributed by atoms with Crippen LogP contribution in [0.3, 0.4) is 0 Å². The summed E-state index contributed by atoms with van der Waals surface area (Å²) < 4.78 is 0. The largest absolute Gasteiger partial charge is 0.0704 e. The van der Waals surface area contributed by atoms with Crippen LogP contribution in [-0.4, -0.2) is 20.5 Å². The average molecular weight is 451 g/mol. The fraction of sp³-hybridized carbons (Fsp3) is 0.586. The molecule has 0 fully saturated rings. The third-order valence-corrected chi connectivity index (χ3v) is 8.83. The second-order valence-electron chi connectivity index (χ2n) is 10.2. The Kier molecular flexibility index (Phi) is 9.65. The van der Waals surface area contributed by atoms with Crippen molar-refractivity contribution >= 4 is 30.9 Å². The van der Waals surface area contributed by atoms with Gasteiger partial charge in [0.15, 0.2) is 0 Å². The topological polar surface area (TPSA) is 0 Å². The zero-order valence-corrected chi connectivity index (χ0v) is 24.9. The van der Waals surface area contributed by atoms with Crippen LogP contribution < -0.4 is 10.4 Å². The molecule has 170 valence electrons. The number of benzene rings is 2. The van der Waals surface area contributed by atoms with Crippen molar-refractivity contribution in [3.05, 3.63) is 47.5 Å². The van der Waals surface area contributed by atoms with E-state index in [4.69, 9.17) is 0 Å². The summed E-state index contributed by atoms with van der Waals surface area (Å²) in [4.78, 5) is 0. The summed E-state index contributed by atoms with van der Waals surface area (Å²) in [6, 6.07) is 14.9. The maximum atomic E-state index is 2.60. The standard InChI is InChI=1S/C29H46Si2/c1-3-5-7-9-11-13-19-29(20-14-12-10-8-6-4-2)27-21-23(30)15-17-25(27)26-18-16-24(31)22-28(26)29/h15-18,21-22H,3-14,19-20H2,1-2,30-31H3. The Morgan fingerprint density at radius 3 is 1.35 bits per heavy atom. The van der Waals surface area contributed by atoms with Gasteiger partial charge >= 0.3 is 0 Å². The van der Waals surface area contributed by atoms with E-state index in [9.17, 15) is 0 Å². The zero-order valence-electron chi connectivity index (χ0n) is 20.9. The number of rotatable bonds is 14. The Balaban J connectivity index is 1.85. The Morgan fingerprint density at radius 2 is 0.935 bits per heavy atom. The normalized spacial score (nSPS) is 14.1. The van der Waals surface area contributed by atoms with Gasteiger partial charge in [0.2, 0.25) is 0 Å². The van der Waals surface area contributed by atoms with Gasteiger partial charge in [-0.1, -0.05) is 138 Å². The van der Waals surface area contributed by atoms with Crippen molar-refractivity contribution in [1.29, 1.82) is 0 Å². The van der Waals surface area contributed by atoms with Crippen molar-refractivity contribution in [3.63, 3.8) is 0 Å². The van der Waals surface area contributed by atoms with Crippen molar-refractivity contribution in [1.82, 2.24) is 0 Å². The second-order valence-corrected chi connectivity index (χ2v) is 12.5. The van der Waals surface area contributed by atoms with E-state index in [1.165, 1.54) is 89.9 Å². The van der Waals surface area contributed by atoms with Gasteiger partial charge < -0.3 is 0 Å². The van der Waals surface area contributed by atoms with Gasteiger partial charge in [0.25, 0.3) is 0 Å². The van der Waals surface area contributed by atoms with Gasteiger partial charge in [-0.25, -0.2) is 0 Å². The molecule has 0 atom stereocenters. The molecule has 0 N–H and O–H groups in total. The van der Waals surface area contributed by atoms with E-state index in [0.29, 0.717) is 0 Å². The molecule has 0 nitrogen and oxygen atoms in total. The SMILES string of the molecule is CCCCCCCCC1(CCCCCCCC)c2cc([SiH3])ccc2-c2ccc([SiH3])cc21. The van der Waals surface area contributed by atoms with Crippen LogP contribution in [0.15, 0.2) is 36.4 Å². The smallest absolute Gasteiger partial charge is 0.0385 e. The number of hydrogen-bond donors (Lipinski definition) is 0. The predicted molar refractivity (Wildman–Crippen MR) is 148 cm³/mol. The first-order valence-corrected chi connectivity index (χ1v) is 15.3. The van der Waals surface area contributed by atoms with Crippen LogP contribution in [0.5, 0.6) is 0 Å². The van der Waals surface area contributed by atoms with E-state index in [0.717, 1.165) is 20.5 Å². The van der Waals surface area contributed by atoms with Crippen LogP contribution in [0, 0.1) is 0 Å². The quantitative estimate of drug-likeness (QED) is 0.266. The highest BCUT2D eigenvalue weighted by Gasteiger charge is 2.42. The van der Waals surface area contributed by atoms with E-state index in [1.54, 1.807) is 32.6 Å². The molecule has 0 aromatic heterocycles. The third-order valence-electron chi connectivity index (χ3n) is 7.59. The molecule has 0 spiro atoms. The fourth-order valence-electron chi connectivity index (χ4n) is 5.80. The van der Waals surface area contributed by atoms with Gasteiger partial charge in [0, 0.05) is 25.9 Å². The molecule has 0 aliphatic heterocycles. The second kappa shape index (κ2) is 12.2. The molecule has 0 saturated carbocycles. The lowest BCUT2D eigenvalue weighted by Crippen LogP contribution is -2.27. The minimum absolute atomic E-state index is 0.279. The van der Waals surface area contributed by atoms with Gasteiger partial charge in [-0.2, -0.15) is 0 Å². The first-order valence-electron chi connectivity index (χ1n) is 13.3. The van der Waals surface area contributed by atoms with E-state index in [-0.39, 0.29) is 5.41 Å². The Hall–Kier alpha value is -1.13. The molecular formula is C29H46Si2. The summed E-state index contributed by atoms with van der Waals surface area (Å²) in [6.45, 7) is 4.64. The van der Waals surface area contributed by atoms with Crippen molar-refractivity contribution in [3.8, 4) is 11.1 Å². The van der Waals surface area contributed by atoms with Crippen LogP contribution >= 0.6 is 0 Å². The molecule has 0 unspecified atom stereocenters. The van der Waals surface area contributed by atoms with Crippen molar-refractivity contribution in [2.75, 3.05) is 0 Å². The summed E-state index contributed by atoms with van der Waals surface area (Å²) in [6.07, 6.45) is 19.5. The van der Waals surface area contributed by atoms with Crippen LogP contribution in [0.1, 0.15) is 115 Å². The number of fused-ring (bicyclic) bond motifs is 3. The van der Waals surface area contributed by atoms with E-state index in [2.05, 4.69) is 50.2 Å². The molecule has 31 heavy (non-hydrogen) atoms. The molecule has 0 heterocycles. The molecule has 1 aliphatic rings. The van der Waals surface area contributed by atoms with Gasteiger partial charge in [-0.15, -0.1) is 0 Å². The van der Waals surface area contributed by atoms with E-state index >= 15 is 0 Å². The average Bonchev–Trinajstić information content (AvgIpc) is 3.02. The number of unbranched alkanes of at least 4 members (excludes halogenated alkanes) is 10. The summed E-state index contributed by atoms with van der Waals surface area (Å²) in [5.74, 6) is 0. The first kappa shape index (κ1) is 24.5. The van der Waals surface area contributed by atoms with E-state index in [1.807, 2.05) is 0 Å². The van der Waals surface area contributed by atoms with Crippen molar-refractivity contribution in [2.24, 2.45) is 0 Å². The summed E-state index contributed by atoms with van der Waals surface area (Å²) in [7, 11) is 2.30. The van der Waals surface area contributed by atoms with Crippen LogP contribution in [0.25, 0.3) is 11.1 Å². The molecule has 2 aromatic carbocycles. The Bertz CT molecular complexity index is 754. The molecule has 0 bridgehead atoms. The Labute approximate surface area is 198 Å². The maximum Gasteiger partial charge on any atom is 0.0385 e. The minimum Gasteiger partial charge on any atom is -0.0704 e. The molecule has 0 saturated heterocycles. The highest BCUT2D eigenvalue weighted by atomic mass is 28.1. The minimum atomic E-state index is 0.279. The Morgan fingerprint density at radius 1 is 0.548 bits per heavy atom. The molecule has 0 radical (unpaired) electrons. The first-order chi connectivity index (χ1) is 15.1. The number of hydrogen-bond acceptors (Lipinski definition) is 0. The van der Waals surface area contributed by atoms with Crippen LogP contribution in [-0.2, 0) is 5.41 Å². The maximum absolute atomic E-state index is 2.60. The van der Waals surface area contributed by atoms with Crippen LogP contribution in [0.4, 0.5) is 0 Å². The molecule has 2 heteroatoms. The summed E-state index contributed by atoms with van der Waals surface area (Å²) in [5.41, 5.74) is 6.75. The highest BCUT2D eigenvalue weighted by Crippen LogP contribution is 2.53. The summed E-state index contributed by atoms with van der Waals surface area (Å²) >= 11 is 0.